The Bertz CT molecular complexity index is 832. The van der Waals surface area contributed by atoms with E-state index < -0.39 is 0 Å². The highest BCUT2D eigenvalue weighted by Gasteiger charge is 2.56. The monoisotopic (exact) mass is 452 g/mol. The van der Waals surface area contributed by atoms with Crippen molar-refractivity contribution in [2.75, 3.05) is 0 Å². The lowest BCUT2D eigenvalue weighted by atomic mass is 9.50. The van der Waals surface area contributed by atoms with E-state index in [0.717, 1.165) is 37.0 Å². The van der Waals surface area contributed by atoms with Gasteiger partial charge in [-0.05, 0) is 91.3 Å². The highest BCUT2D eigenvalue weighted by molar-refractivity contribution is 5.66. The smallest absolute Gasteiger partial charge is 0.302 e. The minimum atomic E-state index is -0.136. The van der Waals surface area contributed by atoms with Crippen LogP contribution in [0, 0.1) is 46.3 Å². The molecule has 0 saturated heterocycles. The number of fused-ring (bicyclic) bond motifs is 5. The van der Waals surface area contributed by atoms with Crippen molar-refractivity contribution in [2.24, 2.45) is 46.3 Å². The lowest BCUT2D eigenvalue weighted by Crippen LogP contribution is -2.46. The van der Waals surface area contributed by atoms with Gasteiger partial charge < -0.3 is 4.74 Å². The van der Waals surface area contributed by atoms with Crippen LogP contribution >= 0.6 is 0 Å². The summed E-state index contributed by atoms with van der Waals surface area (Å²) in [5.41, 5.74) is 3.98. The van der Waals surface area contributed by atoms with Crippen LogP contribution in [0.1, 0.15) is 99.8 Å². The topological polar surface area (TPSA) is 26.3 Å². The van der Waals surface area contributed by atoms with Gasteiger partial charge in [0.25, 0.3) is 0 Å². The van der Waals surface area contributed by atoms with Crippen LogP contribution in [0.2, 0.25) is 0 Å². The van der Waals surface area contributed by atoms with Crippen molar-refractivity contribution in [3.05, 3.63) is 35.5 Å². The molecule has 8 atom stereocenters. The first kappa shape index (κ1) is 24.8. The lowest BCUT2D eigenvalue weighted by molar-refractivity contribution is -0.148. The van der Waals surface area contributed by atoms with Gasteiger partial charge in [-0.15, -0.1) is 0 Å². The predicted molar refractivity (Wildman–Crippen MR) is 138 cm³/mol. The summed E-state index contributed by atoms with van der Waals surface area (Å²) in [4.78, 5) is 11.5. The number of carbonyl (C=O) groups is 1. The number of ether oxygens (including phenoxy) is 1. The fourth-order valence-corrected chi connectivity index (χ4v) is 8.49. The van der Waals surface area contributed by atoms with E-state index in [0.29, 0.717) is 23.2 Å². The number of hydrogen-bond donors (Lipinski definition) is 0. The first-order chi connectivity index (χ1) is 15.6. The normalized spacial score (nSPS) is 39.9. The number of rotatable bonds is 6. The standard InChI is InChI=1S/C31H48O2/c1-8-23(20(2)3)10-9-21(4)27-13-14-28-26-12-11-24-19-25(33-22(5)32)15-17-30(24,6)29(26)16-18-31(27,28)7/h9-12,20-21,23,25,27-29H,8,13-19H2,1-7H3/b10-9+/t21?,23-,25?,27?,28?,29?,30?,31?/m0/s1. The minimum Gasteiger partial charge on any atom is -0.462 e. The van der Waals surface area contributed by atoms with Crippen LogP contribution in [-0.4, -0.2) is 12.1 Å². The van der Waals surface area contributed by atoms with Crippen LogP contribution in [-0.2, 0) is 9.53 Å². The largest absolute Gasteiger partial charge is 0.462 e. The highest BCUT2D eigenvalue weighted by Crippen LogP contribution is 2.66. The third-order valence-electron chi connectivity index (χ3n) is 10.6. The number of allylic oxidation sites excluding steroid dienone is 5. The minimum absolute atomic E-state index is 0.0758. The maximum absolute atomic E-state index is 11.5. The maximum atomic E-state index is 11.5. The molecule has 0 aliphatic heterocycles. The summed E-state index contributed by atoms with van der Waals surface area (Å²) in [6, 6.07) is 0. The molecule has 0 heterocycles. The lowest BCUT2D eigenvalue weighted by Gasteiger charge is -2.55. The van der Waals surface area contributed by atoms with Crippen molar-refractivity contribution in [1.29, 1.82) is 0 Å². The van der Waals surface area contributed by atoms with Gasteiger partial charge in [-0.3, -0.25) is 4.79 Å². The Labute approximate surface area is 203 Å². The third kappa shape index (κ3) is 4.41. The fourth-order valence-electron chi connectivity index (χ4n) is 8.49. The molecule has 0 amide bonds. The second kappa shape index (κ2) is 9.38. The molecule has 184 valence electrons. The predicted octanol–water partition coefficient (Wildman–Crippen LogP) is 8.29. The van der Waals surface area contributed by atoms with E-state index in [1.807, 2.05) is 0 Å². The van der Waals surface area contributed by atoms with Gasteiger partial charge in [0.05, 0.1) is 0 Å². The van der Waals surface area contributed by atoms with Gasteiger partial charge in [-0.2, -0.15) is 0 Å². The zero-order valence-corrected chi connectivity index (χ0v) is 22.3. The molecular weight excluding hydrogens is 404 g/mol. The number of esters is 1. The summed E-state index contributed by atoms with van der Waals surface area (Å²) in [7, 11) is 0. The van der Waals surface area contributed by atoms with Crippen LogP contribution in [0.15, 0.2) is 35.5 Å². The maximum Gasteiger partial charge on any atom is 0.302 e. The molecule has 3 fully saturated rings. The summed E-state index contributed by atoms with van der Waals surface area (Å²) in [6.07, 6.45) is 19.9. The molecule has 4 aliphatic rings. The SMILES string of the molecule is CC[C@@H](/C=C/C(C)C1CCC2C3=CC=C4CC(OC(C)=O)CCC4(C)C3CCC21C)C(C)C. The Morgan fingerprint density at radius 3 is 2.48 bits per heavy atom. The molecule has 0 aromatic carbocycles. The van der Waals surface area contributed by atoms with Crippen LogP contribution < -0.4 is 0 Å². The molecule has 0 bridgehead atoms. The average Bonchev–Trinajstić information content (AvgIpc) is 3.11. The molecule has 33 heavy (non-hydrogen) atoms. The molecule has 4 rings (SSSR count). The Kier molecular flexibility index (Phi) is 7.05. The molecule has 3 saturated carbocycles. The fraction of sp³-hybridized carbons (Fsp3) is 0.774. The van der Waals surface area contributed by atoms with Gasteiger partial charge in [0.2, 0.25) is 0 Å². The summed E-state index contributed by atoms with van der Waals surface area (Å²) in [5, 5.41) is 0. The van der Waals surface area contributed by atoms with E-state index in [2.05, 4.69) is 65.8 Å². The zero-order valence-electron chi connectivity index (χ0n) is 22.3. The molecule has 4 aliphatic carbocycles. The Balaban J connectivity index is 1.53. The van der Waals surface area contributed by atoms with Crippen LogP contribution in [0.25, 0.3) is 0 Å². The van der Waals surface area contributed by atoms with E-state index in [9.17, 15) is 4.79 Å². The summed E-state index contributed by atoms with van der Waals surface area (Å²) in [6.45, 7) is 16.2. The second-order valence-electron chi connectivity index (χ2n) is 12.6. The van der Waals surface area contributed by atoms with E-state index >= 15 is 0 Å². The molecule has 7 unspecified atom stereocenters. The Hall–Kier alpha value is -1.31. The molecule has 2 heteroatoms. The first-order valence-corrected chi connectivity index (χ1v) is 13.9. The molecule has 0 N–H and O–H groups in total. The van der Waals surface area contributed by atoms with Crippen molar-refractivity contribution in [1.82, 2.24) is 0 Å². The van der Waals surface area contributed by atoms with Crippen LogP contribution in [0.4, 0.5) is 0 Å². The molecule has 0 spiro atoms. The third-order valence-corrected chi connectivity index (χ3v) is 10.6. The van der Waals surface area contributed by atoms with Gasteiger partial charge in [0.15, 0.2) is 0 Å². The zero-order chi connectivity index (χ0) is 24.0. The average molecular weight is 453 g/mol. The van der Waals surface area contributed by atoms with Gasteiger partial charge in [0, 0.05) is 13.3 Å². The first-order valence-electron chi connectivity index (χ1n) is 13.9. The number of carbonyl (C=O) groups excluding carboxylic acids is 1. The Morgan fingerprint density at radius 1 is 1.06 bits per heavy atom. The summed E-state index contributed by atoms with van der Waals surface area (Å²) in [5.74, 6) is 4.18. The Morgan fingerprint density at radius 2 is 1.82 bits per heavy atom. The van der Waals surface area contributed by atoms with E-state index in [4.69, 9.17) is 4.74 Å². The summed E-state index contributed by atoms with van der Waals surface area (Å²) >= 11 is 0. The van der Waals surface area contributed by atoms with Crippen molar-refractivity contribution >= 4 is 5.97 Å². The van der Waals surface area contributed by atoms with Crippen molar-refractivity contribution < 1.29 is 9.53 Å². The van der Waals surface area contributed by atoms with Crippen molar-refractivity contribution in [3.63, 3.8) is 0 Å². The van der Waals surface area contributed by atoms with E-state index in [-0.39, 0.29) is 17.5 Å². The molecule has 0 aromatic heterocycles. The van der Waals surface area contributed by atoms with E-state index in [1.54, 1.807) is 12.5 Å². The quantitative estimate of drug-likeness (QED) is 0.299. The van der Waals surface area contributed by atoms with Crippen LogP contribution in [0.5, 0.6) is 0 Å². The molecular formula is C31H48O2. The van der Waals surface area contributed by atoms with Gasteiger partial charge >= 0.3 is 5.97 Å². The van der Waals surface area contributed by atoms with Crippen molar-refractivity contribution in [2.45, 2.75) is 106 Å². The van der Waals surface area contributed by atoms with Gasteiger partial charge in [-0.25, -0.2) is 0 Å². The van der Waals surface area contributed by atoms with E-state index in [1.165, 1.54) is 37.7 Å². The molecule has 0 aromatic rings. The van der Waals surface area contributed by atoms with Gasteiger partial charge in [-0.1, -0.05) is 77.0 Å². The molecule has 2 nitrogen and oxygen atoms in total. The van der Waals surface area contributed by atoms with Crippen molar-refractivity contribution in [3.8, 4) is 0 Å². The summed E-state index contributed by atoms with van der Waals surface area (Å²) < 4.78 is 5.60. The number of hydrogen-bond acceptors (Lipinski definition) is 2. The van der Waals surface area contributed by atoms with Crippen LogP contribution in [0.3, 0.4) is 0 Å². The van der Waals surface area contributed by atoms with Gasteiger partial charge in [0.1, 0.15) is 6.10 Å². The molecule has 0 radical (unpaired) electrons. The second-order valence-corrected chi connectivity index (χ2v) is 12.6. The highest BCUT2D eigenvalue weighted by atomic mass is 16.5.